The fourth-order valence-electron chi connectivity index (χ4n) is 3.54. The summed E-state index contributed by atoms with van der Waals surface area (Å²) in [6.45, 7) is -0.305. The first-order chi connectivity index (χ1) is 15.4. The van der Waals surface area contributed by atoms with E-state index in [0.29, 0.717) is 5.56 Å². The molecule has 32 heavy (non-hydrogen) atoms. The fourth-order valence-corrected chi connectivity index (χ4v) is 3.54. The molecule has 4 aromatic rings. The number of esters is 1. The molecular formula is C21H16N4O7. The molecular weight excluding hydrogens is 420 g/mol. The second-order valence-electron chi connectivity index (χ2n) is 6.93. The minimum absolute atomic E-state index is 0.0315. The summed E-state index contributed by atoms with van der Waals surface area (Å²) < 4.78 is 10.6. The van der Waals surface area contributed by atoms with Crippen LogP contribution in [0.1, 0.15) is 21.6 Å². The van der Waals surface area contributed by atoms with Crippen LogP contribution in [0.25, 0.3) is 21.8 Å². The lowest BCUT2D eigenvalue weighted by Crippen LogP contribution is -2.12. The van der Waals surface area contributed by atoms with E-state index in [1.54, 1.807) is 0 Å². The van der Waals surface area contributed by atoms with Crippen molar-refractivity contribution in [1.29, 1.82) is 0 Å². The lowest BCUT2D eigenvalue weighted by atomic mass is 10.1. The van der Waals surface area contributed by atoms with Gasteiger partial charge in [0.25, 0.3) is 11.4 Å². The number of carbonyl (C=O) groups excluding carboxylic acids is 1. The van der Waals surface area contributed by atoms with Crippen molar-refractivity contribution in [2.45, 2.75) is 13.2 Å². The summed E-state index contributed by atoms with van der Waals surface area (Å²) in [5, 5.41) is 23.8. The number of methoxy groups -OCH3 is 1. The number of aromatic amines is 1. The highest BCUT2D eigenvalue weighted by Crippen LogP contribution is 2.30. The van der Waals surface area contributed by atoms with Crippen LogP contribution in [0.15, 0.2) is 48.7 Å². The maximum atomic E-state index is 12.8. The average molecular weight is 436 g/mol. The zero-order valence-electron chi connectivity index (χ0n) is 16.7. The van der Waals surface area contributed by atoms with E-state index < -0.39 is 33.8 Å². The molecule has 0 atom stereocenters. The first-order valence-electron chi connectivity index (χ1n) is 9.36. The zero-order valence-corrected chi connectivity index (χ0v) is 16.7. The molecule has 1 N–H and O–H groups in total. The molecule has 0 spiro atoms. The fraction of sp³-hybridized carbons (Fsp3) is 0.143. The highest BCUT2D eigenvalue weighted by Gasteiger charge is 2.22. The second-order valence-corrected chi connectivity index (χ2v) is 6.93. The number of fused-ring (bicyclic) bond motifs is 3. The van der Waals surface area contributed by atoms with Gasteiger partial charge in [-0.05, 0) is 6.07 Å². The summed E-state index contributed by atoms with van der Waals surface area (Å²) in [4.78, 5) is 40.9. The topological polar surface area (TPSA) is 150 Å². The molecule has 11 heteroatoms. The number of rotatable bonds is 7. The second kappa shape index (κ2) is 8.40. The molecule has 2 aromatic carbocycles. The number of benzene rings is 2. The first kappa shape index (κ1) is 20.9. The Morgan fingerprint density at radius 2 is 1.72 bits per heavy atom. The number of carbonyl (C=O) groups is 1. The number of nitro groups is 2. The molecule has 2 heterocycles. The molecule has 0 aliphatic carbocycles. The van der Waals surface area contributed by atoms with Crippen LogP contribution in [0.4, 0.5) is 11.4 Å². The van der Waals surface area contributed by atoms with Gasteiger partial charge in [0.2, 0.25) is 0 Å². The minimum atomic E-state index is -0.779. The van der Waals surface area contributed by atoms with Crippen LogP contribution < -0.4 is 0 Å². The highest BCUT2D eigenvalue weighted by molar-refractivity contribution is 6.11. The molecule has 2 aromatic heterocycles. The smallest absolute Gasteiger partial charge is 0.357 e. The molecule has 0 amide bonds. The molecule has 0 radical (unpaired) electrons. The molecule has 0 fully saturated rings. The molecule has 0 saturated carbocycles. The Bertz CT molecular complexity index is 1350. The van der Waals surface area contributed by atoms with Crippen LogP contribution >= 0.6 is 0 Å². The van der Waals surface area contributed by atoms with Crippen LogP contribution in [0.3, 0.4) is 0 Å². The number of nitrogens with zero attached hydrogens (tertiary/aromatic N) is 3. The molecule has 4 rings (SSSR count). The number of pyridine rings is 1. The van der Waals surface area contributed by atoms with Gasteiger partial charge >= 0.3 is 5.97 Å². The van der Waals surface area contributed by atoms with E-state index in [0.717, 1.165) is 40.0 Å². The van der Waals surface area contributed by atoms with Crippen molar-refractivity contribution in [2.24, 2.45) is 0 Å². The van der Waals surface area contributed by atoms with Gasteiger partial charge in [0.15, 0.2) is 5.69 Å². The largest absolute Gasteiger partial charge is 0.456 e. The van der Waals surface area contributed by atoms with E-state index >= 15 is 0 Å². The summed E-state index contributed by atoms with van der Waals surface area (Å²) >= 11 is 0. The van der Waals surface area contributed by atoms with Gasteiger partial charge < -0.3 is 14.5 Å². The molecule has 0 bridgehead atoms. The Morgan fingerprint density at radius 1 is 1.03 bits per heavy atom. The van der Waals surface area contributed by atoms with Gasteiger partial charge in [-0.25, -0.2) is 9.78 Å². The summed E-state index contributed by atoms with van der Waals surface area (Å²) in [5.41, 5.74) is 1.33. The van der Waals surface area contributed by atoms with Gasteiger partial charge in [0.1, 0.15) is 6.61 Å². The van der Waals surface area contributed by atoms with E-state index in [1.165, 1.54) is 13.3 Å². The van der Waals surface area contributed by atoms with E-state index in [4.69, 9.17) is 9.47 Å². The normalized spacial score (nSPS) is 11.0. The lowest BCUT2D eigenvalue weighted by Gasteiger charge is -2.10. The van der Waals surface area contributed by atoms with Crippen LogP contribution in [-0.2, 0) is 22.7 Å². The van der Waals surface area contributed by atoms with Crippen LogP contribution in [0, 0.1) is 20.2 Å². The van der Waals surface area contributed by atoms with Crippen molar-refractivity contribution in [3.8, 4) is 0 Å². The number of hydrogen-bond acceptors (Lipinski definition) is 8. The van der Waals surface area contributed by atoms with Crippen molar-refractivity contribution in [2.75, 3.05) is 7.11 Å². The van der Waals surface area contributed by atoms with E-state index in [-0.39, 0.29) is 17.9 Å². The van der Waals surface area contributed by atoms with Crippen molar-refractivity contribution < 1.29 is 24.1 Å². The number of aromatic nitrogens is 2. The zero-order chi connectivity index (χ0) is 22.8. The Labute approximate surface area is 179 Å². The number of H-pyrrole nitrogens is 1. The van der Waals surface area contributed by atoms with Crippen molar-refractivity contribution in [3.05, 3.63) is 85.7 Å². The summed E-state index contributed by atoms with van der Waals surface area (Å²) in [7, 11) is 1.49. The van der Waals surface area contributed by atoms with Gasteiger partial charge in [0.05, 0.1) is 34.2 Å². The van der Waals surface area contributed by atoms with Gasteiger partial charge in [-0.3, -0.25) is 20.2 Å². The maximum absolute atomic E-state index is 12.8. The summed E-state index contributed by atoms with van der Waals surface area (Å²) in [6.07, 6.45) is 1.52. The Morgan fingerprint density at radius 3 is 2.38 bits per heavy atom. The molecule has 0 aliphatic rings. The number of nitro benzene ring substituents is 2. The predicted molar refractivity (Wildman–Crippen MR) is 113 cm³/mol. The van der Waals surface area contributed by atoms with Gasteiger partial charge in [0, 0.05) is 46.7 Å². The van der Waals surface area contributed by atoms with Crippen molar-refractivity contribution in [1.82, 2.24) is 9.97 Å². The summed E-state index contributed by atoms with van der Waals surface area (Å²) in [6, 6.07) is 10.6. The summed E-state index contributed by atoms with van der Waals surface area (Å²) in [5.74, 6) is -0.779. The third-order valence-corrected chi connectivity index (χ3v) is 4.88. The van der Waals surface area contributed by atoms with Crippen molar-refractivity contribution in [3.63, 3.8) is 0 Å². The molecule has 162 valence electrons. The number of ether oxygens (including phenoxy) is 2. The number of hydrogen-bond donors (Lipinski definition) is 1. The molecule has 0 saturated heterocycles. The Hall–Kier alpha value is -4.38. The number of nitrogens with one attached hydrogen (secondary N) is 1. The molecule has 11 nitrogen and oxygen atoms in total. The number of para-hydroxylation sites is 1. The van der Waals surface area contributed by atoms with Gasteiger partial charge in [-0.1, -0.05) is 18.2 Å². The number of non-ortho nitro benzene ring substituents is 2. The SMILES string of the molecule is COCc1c(C(=O)OCc2cc([N+](=O)[O-])cc([N+](=O)[O-])c2)ncc2[nH]c3ccccc3c12. The third-order valence-electron chi connectivity index (χ3n) is 4.88. The maximum Gasteiger partial charge on any atom is 0.357 e. The molecule has 0 aliphatic heterocycles. The van der Waals surface area contributed by atoms with Crippen LogP contribution in [0.5, 0.6) is 0 Å². The van der Waals surface area contributed by atoms with Gasteiger partial charge in [-0.2, -0.15) is 0 Å². The standard InChI is InChI=1S/C21H16N4O7/c1-31-11-16-19-15-4-2-3-5-17(15)23-18(19)9-22-20(16)21(26)32-10-12-6-13(24(27)28)8-14(7-12)25(29)30/h2-9,23H,10-11H2,1H3. The first-order valence-corrected chi connectivity index (χ1v) is 9.36. The Balaban J connectivity index is 1.69. The minimum Gasteiger partial charge on any atom is -0.456 e. The van der Waals surface area contributed by atoms with E-state index in [9.17, 15) is 25.0 Å². The third kappa shape index (κ3) is 3.84. The lowest BCUT2D eigenvalue weighted by molar-refractivity contribution is -0.394. The highest BCUT2D eigenvalue weighted by atomic mass is 16.6. The van der Waals surface area contributed by atoms with Crippen LogP contribution in [-0.4, -0.2) is 32.9 Å². The van der Waals surface area contributed by atoms with Crippen molar-refractivity contribution >= 4 is 39.1 Å². The quantitative estimate of drug-likeness (QED) is 0.259. The average Bonchev–Trinajstić information content (AvgIpc) is 3.16. The van der Waals surface area contributed by atoms with E-state index in [1.807, 2.05) is 24.3 Å². The van der Waals surface area contributed by atoms with Crippen LogP contribution in [0.2, 0.25) is 0 Å². The monoisotopic (exact) mass is 436 g/mol. The van der Waals surface area contributed by atoms with Gasteiger partial charge in [-0.15, -0.1) is 0 Å². The Kier molecular flexibility index (Phi) is 5.48. The predicted octanol–water partition coefficient (Wildman–Crippen LogP) is 4.04. The molecule has 0 unspecified atom stereocenters. The van der Waals surface area contributed by atoms with E-state index in [2.05, 4.69) is 9.97 Å².